The first kappa shape index (κ1) is 9.35. The number of hydrogen-bond acceptors (Lipinski definition) is 0. The highest BCUT2D eigenvalue weighted by molar-refractivity contribution is 6.40. The minimum Gasteiger partial charge on any atom is -0.362 e. The maximum absolute atomic E-state index is 7.08. The summed E-state index contributed by atoms with van der Waals surface area (Å²) in [4.78, 5) is 2.25. The molecule has 0 N–H and O–H groups in total. The van der Waals surface area contributed by atoms with Gasteiger partial charge in [-0.15, -0.1) is 23.2 Å². The van der Waals surface area contributed by atoms with E-state index in [1.807, 2.05) is 0 Å². The van der Waals surface area contributed by atoms with Gasteiger partial charge in [0.2, 0.25) is 6.72 Å². The van der Waals surface area contributed by atoms with Crippen molar-refractivity contribution >= 4 is 29.9 Å². The lowest BCUT2D eigenvalue weighted by atomic mass is 11.8. The van der Waals surface area contributed by atoms with Crippen LogP contribution >= 0.6 is 23.2 Å². The van der Waals surface area contributed by atoms with Gasteiger partial charge in [0.1, 0.15) is 0 Å². The smallest absolute Gasteiger partial charge is 0.245 e. The number of halogens is 2. The van der Waals surface area contributed by atoms with Gasteiger partial charge in [0.15, 0.2) is 0 Å². The average molecular weight is 127 g/mol. The predicted octanol–water partition coefficient (Wildman–Crippen LogP) is 1.34. The van der Waals surface area contributed by atoms with Crippen molar-refractivity contribution in [1.29, 1.82) is 0 Å². The van der Waals surface area contributed by atoms with Gasteiger partial charge in [-0.2, -0.15) is 4.79 Å². The Labute approximate surface area is 46.3 Å². The molecule has 0 aromatic rings. The Kier molecular flexibility index (Phi) is 31.6. The number of hydrogen-bond donors (Lipinski definition) is 0. The standard InChI is InChI=1S/CH2Cl2.CH2N2/c2-1-3;1-3-2/h2*1H2. The SMILES string of the molecule is C=[N+]=[N-].ClCCl. The second-order valence-corrected chi connectivity index (χ2v) is 1.05. The fraction of sp³-hybridized carbons (Fsp3) is 0.500. The lowest BCUT2D eigenvalue weighted by molar-refractivity contribution is 0.0110. The molecule has 0 aromatic heterocycles. The number of nitrogens with zero attached hydrogens (tertiary/aromatic N) is 2. The highest BCUT2D eigenvalue weighted by Gasteiger charge is 1.41. The molecule has 0 rings (SSSR count). The Hall–Kier alpha value is -0.0400. The Morgan fingerprint density at radius 3 is 1.67 bits per heavy atom. The van der Waals surface area contributed by atoms with E-state index < -0.39 is 0 Å². The van der Waals surface area contributed by atoms with E-state index in [2.05, 4.69) is 11.5 Å². The van der Waals surface area contributed by atoms with Crippen LogP contribution in [0.4, 0.5) is 0 Å². The second-order valence-electron chi connectivity index (χ2n) is 0.242. The third kappa shape index (κ3) is 21700. The third-order valence-electron chi connectivity index (χ3n) is 0. The first-order valence-electron chi connectivity index (χ1n) is 1.05. The summed E-state index contributed by atoms with van der Waals surface area (Å²) >= 11 is 9.53. The van der Waals surface area contributed by atoms with E-state index in [0.29, 0.717) is 0 Å². The number of rotatable bonds is 0. The monoisotopic (exact) mass is 126 g/mol. The molecule has 6 heavy (non-hydrogen) atoms. The van der Waals surface area contributed by atoms with Crippen molar-refractivity contribution in [2.24, 2.45) is 0 Å². The van der Waals surface area contributed by atoms with Crippen LogP contribution < -0.4 is 0 Å². The van der Waals surface area contributed by atoms with Crippen LogP contribution in [0.2, 0.25) is 0 Å². The highest BCUT2D eigenvalue weighted by atomic mass is 35.5. The van der Waals surface area contributed by atoms with E-state index in [4.69, 9.17) is 28.7 Å². The molecule has 0 unspecified atom stereocenters. The van der Waals surface area contributed by atoms with Gasteiger partial charge >= 0.3 is 0 Å². The van der Waals surface area contributed by atoms with E-state index in [1.165, 1.54) is 0 Å². The van der Waals surface area contributed by atoms with Gasteiger partial charge in [0.05, 0.1) is 5.34 Å². The molecule has 0 heterocycles. The van der Waals surface area contributed by atoms with Crippen LogP contribution in [-0.2, 0) is 0 Å². The fourth-order valence-corrected chi connectivity index (χ4v) is 0. The molecule has 0 saturated heterocycles. The van der Waals surface area contributed by atoms with Gasteiger partial charge in [0, 0.05) is 0 Å². The molecule has 0 atom stereocenters. The first-order chi connectivity index (χ1) is 2.83. The molecule has 0 aliphatic carbocycles. The summed E-state index contributed by atoms with van der Waals surface area (Å²) in [6.07, 6.45) is 0. The summed E-state index contributed by atoms with van der Waals surface area (Å²) in [5, 5.41) is 0.194. The molecule has 0 radical (unpaired) electrons. The minimum atomic E-state index is 0.194. The molecule has 0 aliphatic heterocycles. The zero-order chi connectivity index (χ0) is 5.41. The van der Waals surface area contributed by atoms with Crippen LogP contribution in [0.15, 0.2) is 0 Å². The summed E-state index contributed by atoms with van der Waals surface area (Å²) in [6, 6.07) is 0. The van der Waals surface area contributed by atoms with Gasteiger partial charge in [0.25, 0.3) is 0 Å². The summed E-state index contributed by atoms with van der Waals surface area (Å²) in [5.74, 6) is 0. The van der Waals surface area contributed by atoms with Crippen LogP contribution in [0.3, 0.4) is 0 Å². The van der Waals surface area contributed by atoms with Gasteiger partial charge < -0.3 is 5.53 Å². The second kappa shape index (κ2) is 20.2. The molecule has 36 valence electrons. The van der Waals surface area contributed by atoms with Crippen LogP contribution in [0.25, 0.3) is 5.53 Å². The number of alkyl halides is 2. The van der Waals surface area contributed by atoms with Crippen molar-refractivity contribution in [2.45, 2.75) is 0 Å². The van der Waals surface area contributed by atoms with E-state index in [0.717, 1.165) is 0 Å². The van der Waals surface area contributed by atoms with E-state index >= 15 is 0 Å². The molecule has 0 fully saturated rings. The summed E-state index contributed by atoms with van der Waals surface area (Å²) < 4.78 is 0. The van der Waals surface area contributed by atoms with Crippen LogP contribution in [0.5, 0.6) is 0 Å². The van der Waals surface area contributed by atoms with Crippen molar-refractivity contribution in [3.63, 3.8) is 0 Å². The molecule has 0 saturated carbocycles. The van der Waals surface area contributed by atoms with Crippen LogP contribution in [0, 0.1) is 0 Å². The third-order valence-corrected chi connectivity index (χ3v) is 0. The highest BCUT2D eigenvalue weighted by Crippen LogP contribution is 1.73. The first-order valence-corrected chi connectivity index (χ1v) is 2.12. The molecule has 2 nitrogen and oxygen atoms in total. The Morgan fingerprint density at radius 1 is 1.67 bits per heavy atom. The molecular formula is C2H4Cl2N2. The summed E-state index contributed by atoms with van der Waals surface area (Å²) in [5.41, 5.74) is 7.08. The Morgan fingerprint density at radius 2 is 1.67 bits per heavy atom. The average Bonchev–Trinajstić information content (AvgIpc) is 1.39. The van der Waals surface area contributed by atoms with E-state index in [-0.39, 0.29) is 5.34 Å². The molecule has 0 spiro atoms. The Bertz CT molecular complexity index is 38.8. The predicted molar refractivity (Wildman–Crippen MR) is 27.3 cm³/mol. The molecule has 0 aromatic carbocycles. The minimum absolute atomic E-state index is 0.194. The van der Waals surface area contributed by atoms with Gasteiger partial charge in [-0.1, -0.05) is 0 Å². The topological polar surface area (TPSA) is 36.4 Å². The Balaban J connectivity index is 0. The van der Waals surface area contributed by atoms with Gasteiger partial charge in [-0.25, -0.2) is 0 Å². The fourth-order valence-electron chi connectivity index (χ4n) is 0. The molecule has 0 amide bonds. The maximum Gasteiger partial charge on any atom is 0.245 e. The van der Waals surface area contributed by atoms with E-state index in [1.54, 1.807) is 0 Å². The maximum atomic E-state index is 7.08. The zero-order valence-corrected chi connectivity index (χ0v) is 4.58. The lowest BCUT2D eigenvalue weighted by Crippen LogP contribution is -1.24. The molecular weight excluding hydrogens is 123 g/mol. The summed E-state index contributed by atoms with van der Waals surface area (Å²) in [7, 11) is 0. The van der Waals surface area contributed by atoms with E-state index in [9.17, 15) is 0 Å². The van der Waals surface area contributed by atoms with Crippen LogP contribution in [0.1, 0.15) is 0 Å². The normalized spacial score (nSPS) is 4.33. The summed E-state index contributed by atoms with van der Waals surface area (Å²) in [6.45, 7) is 2.67. The quantitative estimate of drug-likeness (QED) is 0.204. The molecule has 4 heteroatoms. The van der Waals surface area contributed by atoms with Crippen LogP contribution in [-0.4, -0.2) is 16.8 Å². The van der Waals surface area contributed by atoms with Crippen molar-refractivity contribution in [1.82, 2.24) is 0 Å². The molecule has 0 bridgehead atoms. The van der Waals surface area contributed by atoms with Crippen molar-refractivity contribution in [2.75, 3.05) is 5.34 Å². The van der Waals surface area contributed by atoms with Crippen molar-refractivity contribution in [3.05, 3.63) is 5.53 Å². The van der Waals surface area contributed by atoms with Gasteiger partial charge in [-0.05, 0) is 0 Å². The zero-order valence-electron chi connectivity index (χ0n) is 3.06. The van der Waals surface area contributed by atoms with Gasteiger partial charge in [-0.3, -0.25) is 0 Å². The van der Waals surface area contributed by atoms with Crippen molar-refractivity contribution < 1.29 is 4.79 Å². The van der Waals surface area contributed by atoms with Crippen molar-refractivity contribution in [3.8, 4) is 0 Å². The largest absolute Gasteiger partial charge is 0.362 e. The lowest BCUT2D eigenvalue weighted by Gasteiger charge is -1.42. The molecule has 0 aliphatic rings.